The van der Waals surface area contributed by atoms with Gasteiger partial charge < -0.3 is 15.2 Å². The van der Waals surface area contributed by atoms with E-state index in [0.29, 0.717) is 25.0 Å². The first-order valence-electron chi connectivity index (χ1n) is 9.54. The van der Waals surface area contributed by atoms with Crippen molar-refractivity contribution in [3.63, 3.8) is 0 Å². The number of nitrogens with zero attached hydrogens (tertiary/aromatic N) is 3. The molecular formula is C20H26N4O5. The zero-order chi connectivity index (χ0) is 21.4. The fourth-order valence-corrected chi connectivity index (χ4v) is 4.08. The van der Waals surface area contributed by atoms with Gasteiger partial charge in [0.25, 0.3) is 5.91 Å². The third-order valence-electron chi connectivity index (χ3n) is 6.34. The number of hydrogen-bond acceptors (Lipinski definition) is 6. The minimum Gasteiger partial charge on any atom is -0.477 e. The zero-order valence-corrected chi connectivity index (χ0v) is 17.1. The third kappa shape index (κ3) is 3.81. The van der Waals surface area contributed by atoms with E-state index in [1.807, 2.05) is 6.92 Å². The summed E-state index contributed by atoms with van der Waals surface area (Å²) in [5.74, 6) is -1.65. The fourth-order valence-electron chi connectivity index (χ4n) is 4.08. The van der Waals surface area contributed by atoms with E-state index < -0.39 is 17.3 Å². The van der Waals surface area contributed by atoms with Crippen molar-refractivity contribution in [1.82, 2.24) is 19.9 Å². The molecular weight excluding hydrogens is 376 g/mol. The van der Waals surface area contributed by atoms with Crippen LogP contribution in [0, 0.1) is 16.7 Å². The number of carbonyl (C=O) groups excluding carboxylic acids is 2. The van der Waals surface area contributed by atoms with Crippen molar-refractivity contribution < 1.29 is 24.2 Å². The first-order chi connectivity index (χ1) is 13.6. The van der Waals surface area contributed by atoms with Crippen molar-refractivity contribution in [3.8, 4) is 0 Å². The number of carboxylic acid groups (broad SMARTS) is 1. The van der Waals surface area contributed by atoms with Crippen LogP contribution in [0.4, 0.5) is 0 Å². The van der Waals surface area contributed by atoms with Gasteiger partial charge in [0.15, 0.2) is 11.3 Å². The van der Waals surface area contributed by atoms with Crippen LogP contribution in [-0.4, -0.2) is 51.2 Å². The zero-order valence-electron chi connectivity index (χ0n) is 17.1. The number of hydrogen-bond donors (Lipinski definition) is 2. The first kappa shape index (κ1) is 20.8. The average Bonchev–Trinajstić information content (AvgIpc) is 3.16. The summed E-state index contributed by atoms with van der Waals surface area (Å²) in [7, 11) is 1.41. The van der Waals surface area contributed by atoms with Crippen molar-refractivity contribution in [1.29, 1.82) is 0 Å². The number of carboxylic acids is 1. The van der Waals surface area contributed by atoms with Crippen LogP contribution in [0.3, 0.4) is 0 Å². The Morgan fingerprint density at radius 3 is 2.69 bits per heavy atom. The number of methoxy groups -OCH3 is 1. The number of aromatic nitrogens is 3. The summed E-state index contributed by atoms with van der Waals surface area (Å²) in [4.78, 5) is 40.3. The quantitative estimate of drug-likeness (QED) is 0.735. The van der Waals surface area contributed by atoms with Crippen molar-refractivity contribution in [2.24, 2.45) is 16.7 Å². The Hall–Kier alpha value is -2.97. The molecule has 1 saturated carbocycles. The van der Waals surface area contributed by atoms with Gasteiger partial charge in [-0.3, -0.25) is 9.59 Å². The second-order valence-corrected chi connectivity index (χ2v) is 8.43. The minimum atomic E-state index is -1.21. The van der Waals surface area contributed by atoms with Gasteiger partial charge in [-0.05, 0) is 37.5 Å². The standard InChI is InChI=1S/C20H26N4O5/c1-12-10-19(2,18(28)29-4)6-7-20(12,3)11-21-16(25)14-9-13(17(26)27)23-15-5-8-22-24(14)15/h5,8-9,12H,6-7,10-11H2,1-4H3,(H,21,25)(H,26,27). The maximum atomic E-state index is 12.8. The lowest BCUT2D eigenvalue weighted by Gasteiger charge is -2.46. The van der Waals surface area contributed by atoms with Gasteiger partial charge in [-0.15, -0.1) is 0 Å². The van der Waals surface area contributed by atoms with E-state index in [9.17, 15) is 19.5 Å². The third-order valence-corrected chi connectivity index (χ3v) is 6.34. The number of esters is 1. The Morgan fingerprint density at radius 1 is 1.34 bits per heavy atom. The summed E-state index contributed by atoms with van der Waals surface area (Å²) in [5.41, 5.74) is -0.519. The maximum Gasteiger partial charge on any atom is 0.354 e. The summed E-state index contributed by atoms with van der Waals surface area (Å²) in [5, 5.41) is 16.2. The molecule has 0 aliphatic heterocycles. The van der Waals surface area contributed by atoms with Crippen molar-refractivity contribution in [2.75, 3.05) is 13.7 Å². The predicted octanol–water partition coefficient (Wildman–Crippen LogP) is 2.16. The van der Waals surface area contributed by atoms with Crippen molar-refractivity contribution in [3.05, 3.63) is 29.7 Å². The molecule has 29 heavy (non-hydrogen) atoms. The summed E-state index contributed by atoms with van der Waals surface area (Å²) in [6.07, 6.45) is 3.57. The van der Waals surface area contributed by atoms with Crippen molar-refractivity contribution in [2.45, 2.75) is 40.0 Å². The Balaban J connectivity index is 1.76. The van der Waals surface area contributed by atoms with E-state index in [4.69, 9.17) is 4.74 Å². The van der Waals surface area contributed by atoms with Gasteiger partial charge in [-0.25, -0.2) is 14.3 Å². The van der Waals surface area contributed by atoms with E-state index in [-0.39, 0.29) is 28.7 Å². The molecule has 2 aromatic heterocycles. The number of fused-ring (bicyclic) bond motifs is 1. The lowest BCUT2D eigenvalue weighted by Crippen LogP contribution is -2.47. The summed E-state index contributed by atoms with van der Waals surface area (Å²) >= 11 is 0. The van der Waals surface area contributed by atoms with Gasteiger partial charge in [-0.2, -0.15) is 5.10 Å². The minimum absolute atomic E-state index is 0.115. The van der Waals surface area contributed by atoms with Gasteiger partial charge in [0.2, 0.25) is 0 Å². The highest BCUT2D eigenvalue weighted by molar-refractivity contribution is 5.96. The Labute approximate surface area is 168 Å². The fraction of sp³-hybridized carbons (Fsp3) is 0.550. The molecule has 0 bridgehead atoms. The van der Waals surface area contributed by atoms with Crippen LogP contribution in [0.2, 0.25) is 0 Å². The van der Waals surface area contributed by atoms with Crippen LogP contribution < -0.4 is 5.32 Å². The maximum absolute atomic E-state index is 12.8. The molecule has 9 nitrogen and oxygen atoms in total. The second kappa shape index (κ2) is 7.46. The van der Waals surface area contributed by atoms with E-state index in [0.717, 1.165) is 6.42 Å². The molecule has 0 saturated heterocycles. The van der Waals surface area contributed by atoms with E-state index in [1.54, 1.807) is 6.07 Å². The number of rotatable bonds is 5. The number of nitrogens with one attached hydrogen (secondary N) is 1. The highest BCUT2D eigenvalue weighted by atomic mass is 16.5. The summed E-state index contributed by atoms with van der Waals surface area (Å²) in [6, 6.07) is 2.76. The van der Waals surface area contributed by atoms with Gasteiger partial charge in [0.05, 0.1) is 18.7 Å². The number of carbonyl (C=O) groups is 3. The van der Waals surface area contributed by atoms with E-state index >= 15 is 0 Å². The molecule has 1 aliphatic carbocycles. The highest BCUT2D eigenvalue weighted by Crippen LogP contribution is 2.49. The molecule has 0 radical (unpaired) electrons. The van der Waals surface area contributed by atoms with Crippen LogP contribution in [0.1, 0.15) is 61.0 Å². The van der Waals surface area contributed by atoms with Crippen LogP contribution in [0.15, 0.2) is 18.3 Å². The Kier molecular flexibility index (Phi) is 5.34. The normalized spacial score (nSPS) is 26.8. The summed E-state index contributed by atoms with van der Waals surface area (Å²) in [6.45, 7) is 6.49. The molecule has 156 valence electrons. The molecule has 2 heterocycles. The van der Waals surface area contributed by atoms with Gasteiger partial charge >= 0.3 is 11.9 Å². The molecule has 3 atom stereocenters. The van der Waals surface area contributed by atoms with Gasteiger partial charge in [-0.1, -0.05) is 13.8 Å². The van der Waals surface area contributed by atoms with E-state index in [2.05, 4.69) is 29.2 Å². The smallest absolute Gasteiger partial charge is 0.354 e. The molecule has 0 aromatic carbocycles. The number of ether oxygens (including phenoxy) is 1. The lowest BCUT2D eigenvalue weighted by molar-refractivity contribution is -0.156. The van der Waals surface area contributed by atoms with Crippen LogP contribution in [0.25, 0.3) is 5.65 Å². The molecule has 2 aromatic rings. The van der Waals surface area contributed by atoms with Crippen LogP contribution in [-0.2, 0) is 9.53 Å². The number of aromatic carboxylic acids is 1. The Bertz CT molecular complexity index is 971. The van der Waals surface area contributed by atoms with Crippen molar-refractivity contribution >= 4 is 23.5 Å². The van der Waals surface area contributed by atoms with E-state index in [1.165, 1.54) is 23.9 Å². The molecule has 1 aliphatic rings. The molecule has 1 amide bonds. The second-order valence-electron chi connectivity index (χ2n) is 8.43. The monoisotopic (exact) mass is 402 g/mol. The summed E-state index contributed by atoms with van der Waals surface area (Å²) < 4.78 is 6.28. The van der Waals surface area contributed by atoms with Gasteiger partial charge in [0, 0.05) is 18.7 Å². The molecule has 9 heteroatoms. The Morgan fingerprint density at radius 2 is 2.07 bits per heavy atom. The van der Waals surface area contributed by atoms with Crippen LogP contribution in [0.5, 0.6) is 0 Å². The predicted molar refractivity (Wildman–Crippen MR) is 104 cm³/mol. The average molecular weight is 402 g/mol. The van der Waals surface area contributed by atoms with Gasteiger partial charge in [0.1, 0.15) is 5.69 Å². The molecule has 2 N–H and O–H groups in total. The molecule has 3 unspecified atom stereocenters. The van der Waals surface area contributed by atoms with Crippen LogP contribution >= 0.6 is 0 Å². The number of amides is 1. The molecule has 1 fully saturated rings. The molecule has 0 spiro atoms. The topological polar surface area (TPSA) is 123 Å². The largest absolute Gasteiger partial charge is 0.477 e. The highest BCUT2D eigenvalue weighted by Gasteiger charge is 2.47. The SMILES string of the molecule is COC(=O)C1(C)CCC(C)(CNC(=O)c2cc(C(=O)O)nc3ccnn23)C(C)C1. The molecule has 3 rings (SSSR count). The lowest BCUT2D eigenvalue weighted by atomic mass is 9.59. The first-order valence-corrected chi connectivity index (χ1v) is 9.54.